The van der Waals surface area contributed by atoms with E-state index in [1.807, 2.05) is 25.1 Å². The fourth-order valence-corrected chi connectivity index (χ4v) is 3.71. The first-order valence-corrected chi connectivity index (χ1v) is 10.1. The number of nitrogens with one attached hydrogen (secondary N) is 2. The Morgan fingerprint density at radius 1 is 1.21 bits per heavy atom. The highest BCUT2D eigenvalue weighted by atomic mass is 16.5. The second-order valence-corrected chi connectivity index (χ2v) is 7.33. The molecular weight excluding hydrogens is 374 g/mol. The monoisotopic (exact) mass is 403 g/mol. The Bertz CT molecular complexity index is 750. The van der Waals surface area contributed by atoms with Crippen LogP contribution in [0.25, 0.3) is 0 Å². The number of nitrogens with zero attached hydrogens (tertiary/aromatic N) is 2. The second-order valence-electron chi connectivity index (χ2n) is 7.33. The molecule has 2 fully saturated rings. The first-order chi connectivity index (χ1) is 14.0. The van der Waals surface area contributed by atoms with Crippen molar-refractivity contribution in [2.75, 3.05) is 38.1 Å². The van der Waals surface area contributed by atoms with E-state index in [1.165, 1.54) is 9.80 Å². The van der Waals surface area contributed by atoms with Gasteiger partial charge in [0.05, 0.1) is 0 Å². The van der Waals surface area contributed by atoms with Crippen LogP contribution in [0.2, 0.25) is 0 Å². The van der Waals surface area contributed by atoms with E-state index >= 15 is 0 Å². The molecule has 158 valence electrons. The first-order valence-electron chi connectivity index (χ1n) is 10.1. The van der Waals surface area contributed by atoms with Crippen LogP contribution < -0.4 is 16.4 Å². The van der Waals surface area contributed by atoms with Gasteiger partial charge in [0.15, 0.2) is 6.17 Å². The molecule has 0 radical (unpaired) electrons. The zero-order valence-corrected chi connectivity index (χ0v) is 16.7. The lowest BCUT2D eigenvalue weighted by atomic mass is 10.1. The van der Waals surface area contributed by atoms with E-state index in [0.29, 0.717) is 38.2 Å². The number of benzene rings is 1. The third-order valence-corrected chi connectivity index (χ3v) is 5.08. The summed E-state index contributed by atoms with van der Waals surface area (Å²) in [5.74, 6) is -0.663. The van der Waals surface area contributed by atoms with E-state index in [0.717, 1.165) is 12.0 Å². The van der Waals surface area contributed by atoms with Gasteiger partial charge in [-0.3, -0.25) is 14.5 Å². The minimum Gasteiger partial charge on any atom is -0.368 e. The zero-order valence-electron chi connectivity index (χ0n) is 16.7. The summed E-state index contributed by atoms with van der Waals surface area (Å²) >= 11 is 0. The van der Waals surface area contributed by atoms with Crippen molar-refractivity contribution in [2.45, 2.75) is 38.5 Å². The number of anilines is 1. The number of hydrogen-bond acceptors (Lipinski definition) is 5. The zero-order chi connectivity index (χ0) is 20.8. The lowest BCUT2D eigenvalue weighted by Gasteiger charge is -2.43. The quantitative estimate of drug-likeness (QED) is 0.667. The maximum absolute atomic E-state index is 13.0. The minimum absolute atomic E-state index is 0.247. The molecule has 0 bridgehead atoms. The molecule has 2 unspecified atom stereocenters. The van der Waals surface area contributed by atoms with Crippen molar-refractivity contribution >= 4 is 23.5 Å². The van der Waals surface area contributed by atoms with E-state index in [2.05, 4.69) is 10.6 Å². The number of carbonyl (C=O) groups is 3. The van der Waals surface area contributed by atoms with E-state index in [9.17, 15) is 14.4 Å². The fourth-order valence-electron chi connectivity index (χ4n) is 3.71. The van der Waals surface area contributed by atoms with Gasteiger partial charge in [-0.05, 0) is 43.9 Å². The van der Waals surface area contributed by atoms with Crippen molar-refractivity contribution in [3.8, 4) is 0 Å². The van der Waals surface area contributed by atoms with Crippen LogP contribution in [0.4, 0.5) is 10.5 Å². The van der Waals surface area contributed by atoms with E-state index in [1.54, 1.807) is 6.07 Å². The highest BCUT2D eigenvalue weighted by Crippen LogP contribution is 2.22. The van der Waals surface area contributed by atoms with Crippen molar-refractivity contribution in [1.82, 2.24) is 15.1 Å². The summed E-state index contributed by atoms with van der Waals surface area (Å²) in [6.45, 7) is 3.77. The van der Waals surface area contributed by atoms with Crippen molar-refractivity contribution < 1.29 is 19.1 Å². The predicted molar refractivity (Wildman–Crippen MR) is 108 cm³/mol. The smallest absolute Gasteiger partial charge is 0.323 e. The Labute approximate surface area is 170 Å². The van der Waals surface area contributed by atoms with Gasteiger partial charge in [0.25, 0.3) is 11.8 Å². The third kappa shape index (κ3) is 5.04. The van der Waals surface area contributed by atoms with Crippen molar-refractivity contribution in [1.29, 1.82) is 0 Å². The standard InChI is InChI=1S/C20H29N5O4/c1-14-5-2-6-15(13-14)23-20(28)25-11-4-10-24(18(25)17(26)22-9-8-21)19(27)16-7-3-12-29-16/h2,5-6,13,16,18H,3-4,7-12,21H2,1H3,(H,22,26)(H,23,28). The van der Waals surface area contributed by atoms with E-state index < -0.39 is 24.2 Å². The van der Waals surface area contributed by atoms with Crippen LogP contribution in [0.5, 0.6) is 0 Å². The van der Waals surface area contributed by atoms with Gasteiger partial charge in [-0.2, -0.15) is 0 Å². The average molecular weight is 403 g/mol. The number of amides is 4. The summed E-state index contributed by atoms with van der Waals surface area (Å²) in [6, 6.07) is 6.99. The minimum atomic E-state index is -1.03. The summed E-state index contributed by atoms with van der Waals surface area (Å²) in [7, 11) is 0. The molecule has 2 saturated heterocycles. The number of urea groups is 1. The molecule has 1 aromatic rings. The number of rotatable bonds is 5. The van der Waals surface area contributed by atoms with Crippen LogP contribution in [0, 0.1) is 6.92 Å². The molecule has 0 aliphatic carbocycles. The molecule has 3 rings (SSSR count). The third-order valence-electron chi connectivity index (χ3n) is 5.08. The molecule has 9 heteroatoms. The van der Waals surface area contributed by atoms with Gasteiger partial charge in [-0.1, -0.05) is 12.1 Å². The molecular formula is C20H29N5O4. The van der Waals surface area contributed by atoms with Crippen LogP contribution in [0.1, 0.15) is 24.8 Å². The molecule has 4 N–H and O–H groups in total. The Morgan fingerprint density at radius 3 is 2.69 bits per heavy atom. The molecule has 1 aromatic carbocycles. The first kappa shape index (κ1) is 21.1. The summed E-state index contributed by atoms with van der Waals surface area (Å²) in [4.78, 5) is 41.7. The number of hydrogen-bond donors (Lipinski definition) is 3. The average Bonchev–Trinajstić information content (AvgIpc) is 3.25. The summed E-state index contributed by atoms with van der Waals surface area (Å²) in [5, 5.41) is 5.55. The van der Waals surface area contributed by atoms with Crippen LogP contribution >= 0.6 is 0 Å². The lowest BCUT2D eigenvalue weighted by Crippen LogP contribution is -2.65. The van der Waals surface area contributed by atoms with Crippen LogP contribution in [0.3, 0.4) is 0 Å². The lowest BCUT2D eigenvalue weighted by molar-refractivity contribution is -0.155. The highest BCUT2D eigenvalue weighted by Gasteiger charge is 2.42. The van der Waals surface area contributed by atoms with Gasteiger partial charge in [-0.25, -0.2) is 4.79 Å². The van der Waals surface area contributed by atoms with Crippen molar-refractivity contribution in [2.24, 2.45) is 5.73 Å². The topological polar surface area (TPSA) is 117 Å². The molecule has 29 heavy (non-hydrogen) atoms. The van der Waals surface area contributed by atoms with Crippen LogP contribution in [0.15, 0.2) is 24.3 Å². The largest absolute Gasteiger partial charge is 0.368 e. The van der Waals surface area contributed by atoms with Crippen LogP contribution in [-0.2, 0) is 14.3 Å². The van der Waals surface area contributed by atoms with E-state index in [-0.39, 0.29) is 19.0 Å². The maximum atomic E-state index is 13.0. The Hall–Kier alpha value is -2.65. The molecule has 9 nitrogen and oxygen atoms in total. The Kier molecular flexibility index (Phi) is 7.05. The highest BCUT2D eigenvalue weighted by molar-refractivity contribution is 5.96. The molecule has 2 aliphatic rings. The molecule has 0 saturated carbocycles. The maximum Gasteiger partial charge on any atom is 0.323 e. The van der Waals surface area contributed by atoms with Gasteiger partial charge in [0, 0.05) is 38.5 Å². The van der Waals surface area contributed by atoms with Gasteiger partial charge < -0.3 is 26.0 Å². The van der Waals surface area contributed by atoms with Crippen molar-refractivity contribution in [3.05, 3.63) is 29.8 Å². The summed E-state index contributed by atoms with van der Waals surface area (Å²) < 4.78 is 5.52. The Balaban J connectivity index is 1.81. The number of ether oxygens (including phenoxy) is 1. The van der Waals surface area contributed by atoms with Gasteiger partial charge in [0.2, 0.25) is 0 Å². The number of carbonyl (C=O) groups excluding carboxylic acids is 3. The van der Waals surface area contributed by atoms with Crippen LogP contribution in [-0.4, -0.2) is 72.7 Å². The molecule has 4 amide bonds. The Morgan fingerprint density at radius 2 is 2.00 bits per heavy atom. The number of nitrogens with two attached hydrogens (primary N) is 1. The van der Waals surface area contributed by atoms with Gasteiger partial charge in [0.1, 0.15) is 6.10 Å². The molecule has 2 atom stereocenters. The molecule has 2 heterocycles. The number of aryl methyl sites for hydroxylation is 1. The fraction of sp³-hybridized carbons (Fsp3) is 0.550. The molecule has 2 aliphatic heterocycles. The molecule has 0 spiro atoms. The molecule has 0 aromatic heterocycles. The summed E-state index contributed by atoms with van der Waals surface area (Å²) in [5.41, 5.74) is 7.15. The van der Waals surface area contributed by atoms with Gasteiger partial charge >= 0.3 is 6.03 Å². The second kappa shape index (κ2) is 9.71. The normalized spacial score (nSPS) is 21.7. The van der Waals surface area contributed by atoms with Gasteiger partial charge in [-0.15, -0.1) is 0 Å². The van der Waals surface area contributed by atoms with Crippen molar-refractivity contribution in [3.63, 3.8) is 0 Å². The van der Waals surface area contributed by atoms with E-state index in [4.69, 9.17) is 10.5 Å². The predicted octanol–water partition coefficient (Wildman–Crippen LogP) is 0.641. The SMILES string of the molecule is Cc1cccc(NC(=O)N2CCCN(C(=O)C3CCCO3)C2C(=O)NCCN)c1. The summed E-state index contributed by atoms with van der Waals surface area (Å²) in [6.07, 6.45) is 0.435.